The van der Waals surface area contributed by atoms with Crippen LogP contribution >= 0.6 is 15.9 Å². The van der Waals surface area contributed by atoms with Crippen LogP contribution in [0.3, 0.4) is 0 Å². The molecule has 0 amide bonds. The van der Waals surface area contributed by atoms with Crippen molar-refractivity contribution in [1.82, 2.24) is 4.90 Å². The van der Waals surface area contributed by atoms with Crippen molar-refractivity contribution in [2.45, 2.75) is 25.3 Å². The van der Waals surface area contributed by atoms with Crippen LogP contribution in [-0.4, -0.2) is 34.0 Å². The van der Waals surface area contributed by atoms with Gasteiger partial charge in [0.15, 0.2) is 0 Å². The van der Waals surface area contributed by atoms with Crippen molar-refractivity contribution in [1.29, 1.82) is 0 Å². The Kier molecular flexibility index (Phi) is 8.62. The maximum atomic E-state index is 12.0. The molecule has 6 heteroatoms. The zero-order valence-corrected chi connectivity index (χ0v) is 16.9. The summed E-state index contributed by atoms with van der Waals surface area (Å²) in [6, 6.07) is 13.9. The molecule has 132 valence electrons. The highest BCUT2D eigenvalue weighted by atomic mass is 79.9. The first-order valence-electron chi connectivity index (χ1n) is 7.60. The van der Waals surface area contributed by atoms with Crippen LogP contribution in [0.5, 0.6) is 0 Å². The summed E-state index contributed by atoms with van der Waals surface area (Å²) in [7, 11) is 0.398. The molecule has 24 heavy (non-hydrogen) atoms. The molecule has 0 aliphatic rings. The van der Waals surface area contributed by atoms with E-state index in [1.165, 1.54) is 0 Å². The fourth-order valence-electron chi connectivity index (χ4n) is 1.53. The lowest BCUT2D eigenvalue weighted by Crippen LogP contribution is -2.08. The van der Waals surface area contributed by atoms with Gasteiger partial charge >= 0.3 is 0 Å². The molecule has 0 heterocycles. The van der Waals surface area contributed by atoms with E-state index < -0.39 is 10.1 Å². The monoisotopic (exact) mass is 413 g/mol. The summed E-state index contributed by atoms with van der Waals surface area (Å²) in [6.07, 6.45) is 0. The number of rotatable bonds is 5. The zero-order valence-electron chi connectivity index (χ0n) is 14.5. The molecule has 0 unspecified atom stereocenters. The number of halogens is 1. The minimum Gasteiger partial charge on any atom is -0.310 e. The van der Waals surface area contributed by atoms with Crippen molar-refractivity contribution in [3.63, 3.8) is 0 Å². The average Bonchev–Trinajstić information content (AvgIpc) is 2.55. The first kappa shape index (κ1) is 20.8. The Morgan fingerprint density at radius 1 is 1.04 bits per heavy atom. The van der Waals surface area contributed by atoms with E-state index in [1.807, 2.05) is 31.2 Å². The molecule has 0 N–H and O–H groups in total. The highest BCUT2D eigenvalue weighted by Crippen LogP contribution is 2.20. The van der Waals surface area contributed by atoms with Gasteiger partial charge in [0.25, 0.3) is 10.1 Å². The standard InChI is InChI=1S/C14H13BrO3S.C4H11N/c1-11-6-8-13(9-7-11)19(16,17)18-10-12-4-2-3-5-14(12)15;1-4-5(2)3/h2-9H,10H2,1H3;4H2,1-3H3. The second-order valence-electron chi connectivity index (χ2n) is 5.52. The summed E-state index contributed by atoms with van der Waals surface area (Å²) in [5, 5.41) is 0. The predicted molar refractivity (Wildman–Crippen MR) is 102 cm³/mol. The van der Waals surface area contributed by atoms with Crippen molar-refractivity contribution in [2.24, 2.45) is 0 Å². The average molecular weight is 414 g/mol. The van der Waals surface area contributed by atoms with Gasteiger partial charge in [0.05, 0.1) is 11.5 Å². The third-order valence-electron chi connectivity index (χ3n) is 3.27. The smallest absolute Gasteiger partial charge is 0.297 e. The fraction of sp³-hybridized carbons (Fsp3) is 0.333. The third-order valence-corrected chi connectivity index (χ3v) is 5.32. The molecule has 0 bridgehead atoms. The molecule has 0 radical (unpaired) electrons. The van der Waals surface area contributed by atoms with E-state index in [-0.39, 0.29) is 11.5 Å². The van der Waals surface area contributed by atoms with Crippen molar-refractivity contribution < 1.29 is 12.6 Å². The van der Waals surface area contributed by atoms with E-state index in [0.29, 0.717) is 0 Å². The Balaban J connectivity index is 0.000000505. The SMILES string of the molecule is CCN(C)C.Cc1ccc(S(=O)(=O)OCc2ccccc2Br)cc1. The molecule has 2 aromatic carbocycles. The third kappa shape index (κ3) is 7.13. The van der Waals surface area contributed by atoms with Crippen molar-refractivity contribution in [3.05, 3.63) is 64.1 Å². The Morgan fingerprint density at radius 2 is 1.58 bits per heavy atom. The molecule has 0 aromatic heterocycles. The summed E-state index contributed by atoms with van der Waals surface area (Å²) < 4.78 is 29.9. The van der Waals surface area contributed by atoms with E-state index in [4.69, 9.17) is 4.18 Å². The molecule has 0 atom stereocenters. The van der Waals surface area contributed by atoms with Crippen molar-refractivity contribution in [3.8, 4) is 0 Å². The molecule has 0 saturated carbocycles. The van der Waals surface area contributed by atoms with E-state index in [1.54, 1.807) is 24.3 Å². The van der Waals surface area contributed by atoms with Gasteiger partial charge in [0, 0.05) is 4.47 Å². The molecule has 4 nitrogen and oxygen atoms in total. The lowest BCUT2D eigenvalue weighted by atomic mass is 10.2. The van der Waals surface area contributed by atoms with Gasteiger partial charge in [-0.05, 0) is 51.3 Å². The van der Waals surface area contributed by atoms with Gasteiger partial charge in [0.1, 0.15) is 0 Å². The van der Waals surface area contributed by atoms with Crippen LogP contribution < -0.4 is 0 Å². The van der Waals surface area contributed by atoms with Crippen LogP contribution in [0.2, 0.25) is 0 Å². The summed E-state index contributed by atoms with van der Waals surface area (Å²) in [5.41, 5.74) is 1.79. The molecule has 2 aromatic rings. The Hall–Kier alpha value is -1.21. The fourth-order valence-corrected chi connectivity index (χ4v) is 2.82. The first-order valence-corrected chi connectivity index (χ1v) is 9.80. The van der Waals surface area contributed by atoms with Crippen LogP contribution in [0, 0.1) is 6.92 Å². The van der Waals surface area contributed by atoms with Gasteiger partial charge in [-0.2, -0.15) is 8.42 Å². The predicted octanol–water partition coefficient (Wildman–Crippen LogP) is 4.23. The lowest BCUT2D eigenvalue weighted by Gasteiger charge is -2.07. The number of hydrogen-bond donors (Lipinski definition) is 0. The molecular weight excluding hydrogens is 390 g/mol. The van der Waals surface area contributed by atoms with Gasteiger partial charge in [-0.1, -0.05) is 58.7 Å². The molecular formula is C18H24BrNO3S. The zero-order chi connectivity index (χ0) is 18.2. The molecule has 0 saturated heterocycles. The van der Waals surface area contributed by atoms with Gasteiger partial charge < -0.3 is 4.90 Å². The largest absolute Gasteiger partial charge is 0.310 e. The summed E-state index contributed by atoms with van der Waals surface area (Å²) in [6.45, 7) is 5.18. The number of hydrogen-bond acceptors (Lipinski definition) is 4. The maximum Gasteiger partial charge on any atom is 0.297 e. The number of aryl methyl sites for hydroxylation is 1. The quantitative estimate of drug-likeness (QED) is 0.687. The van der Waals surface area contributed by atoms with Crippen LogP contribution in [0.4, 0.5) is 0 Å². The molecule has 2 rings (SSSR count). The van der Waals surface area contributed by atoms with Crippen molar-refractivity contribution in [2.75, 3.05) is 20.6 Å². The Morgan fingerprint density at radius 3 is 2.08 bits per heavy atom. The van der Waals surface area contributed by atoms with E-state index in [9.17, 15) is 8.42 Å². The van der Waals surface area contributed by atoms with Crippen LogP contribution in [0.25, 0.3) is 0 Å². The van der Waals surface area contributed by atoms with E-state index in [2.05, 4.69) is 41.8 Å². The lowest BCUT2D eigenvalue weighted by molar-refractivity contribution is 0.307. The maximum absolute atomic E-state index is 12.0. The van der Waals surface area contributed by atoms with Crippen molar-refractivity contribution >= 4 is 26.0 Å². The molecule has 0 spiro atoms. The molecule has 0 aliphatic carbocycles. The minimum absolute atomic E-state index is 0.0115. The van der Waals surface area contributed by atoms with Crippen LogP contribution in [0.1, 0.15) is 18.1 Å². The molecule has 0 fully saturated rings. The number of benzene rings is 2. The van der Waals surface area contributed by atoms with Gasteiger partial charge in [-0.15, -0.1) is 0 Å². The topological polar surface area (TPSA) is 46.6 Å². The summed E-state index contributed by atoms with van der Waals surface area (Å²) in [4.78, 5) is 2.30. The minimum atomic E-state index is -3.71. The van der Waals surface area contributed by atoms with Crippen LogP contribution in [-0.2, 0) is 20.9 Å². The first-order chi connectivity index (χ1) is 11.3. The second-order valence-corrected chi connectivity index (χ2v) is 7.99. The van der Waals surface area contributed by atoms with E-state index >= 15 is 0 Å². The van der Waals surface area contributed by atoms with E-state index in [0.717, 1.165) is 22.1 Å². The normalized spacial score (nSPS) is 11.1. The van der Waals surface area contributed by atoms with Gasteiger partial charge in [-0.25, -0.2) is 0 Å². The van der Waals surface area contributed by atoms with Crippen LogP contribution in [0.15, 0.2) is 57.9 Å². The van der Waals surface area contributed by atoms with Gasteiger partial charge in [0.2, 0.25) is 0 Å². The summed E-state index contributed by atoms with van der Waals surface area (Å²) in [5.74, 6) is 0. The highest BCUT2D eigenvalue weighted by molar-refractivity contribution is 9.10. The molecule has 0 aliphatic heterocycles. The Labute approximate surface area is 153 Å². The number of nitrogens with zero attached hydrogens (tertiary/aromatic N) is 1. The van der Waals surface area contributed by atoms with Gasteiger partial charge in [-0.3, -0.25) is 4.18 Å². The summed E-state index contributed by atoms with van der Waals surface area (Å²) >= 11 is 3.35. The Bertz CT molecular complexity index is 728. The second kappa shape index (κ2) is 9.93. The highest BCUT2D eigenvalue weighted by Gasteiger charge is 2.15.